The van der Waals surface area contributed by atoms with Crippen LogP contribution in [0.2, 0.25) is 0 Å². The summed E-state index contributed by atoms with van der Waals surface area (Å²) in [5.41, 5.74) is 0. The van der Waals surface area contributed by atoms with Crippen LogP contribution in [0.4, 0.5) is 0 Å². The fraction of sp³-hybridized carbons (Fsp3) is 1.00. The van der Waals surface area contributed by atoms with Crippen LogP contribution in [-0.2, 0) is 18.9 Å². The van der Waals surface area contributed by atoms with Crippen LogP contribution in [0.5, 0.6) is 0 Å². The maximum absolute atomic E-state index is 5.54. The molecule has 0 aliphatic carbocycles. The first-order valence-corrected chi connectivity index (χ1v) is 4.52. The summed E-state index contributed by atoms with van der Waals surface area (Å²) in [4.78, 5) is 0. The number of hydrogen-bond acceptors (Lipinski definition) is 4. The van der Waals surface area contributed by atoms with E-state index in [-0.39, 0.29) is 6.10 Å². The molecule has 13 heavy (non-hydrogen) atoms. The summed E-state index contributed by atoms with van der Waals surface area (Å²) in [6.45, 7) is 6.23. The zero-order chi connectivity index (χ0) is 9.73. The second-order valence-electron chi connectivity index (χ2n) is 3.52. The Hall–Kier alpha value is -0.160. The summed E-state index contributed by atoms with van der Waals surface area (Å²) in [7, 11) is 1.65. The van der Waals surface area contributed by atoms with Crippen LogP contribution in [0.3, 0.4) is 0 Å². The highest BCUT2D eigenvalue weighted by Crippen LogP contribution is 2.22. The average molecular weight is 190 g/mol. The van der Waals surface area contributed by atoms with E-state index in [1.165, 1.54) is 0 Å². The lowest BCUT2D eigenvalue weighted by molar-refractivity contribution is -0.145. The van der Waals surface area contributed by atoms with Crippen LogP contribution in [0.25, 0.3) is 0 Å². The van der Waals surface area contributed by atoms with Crippen molar-refractivity contribution in [3.8, 4) is 0 Å². The van der Waals surface area contributed by atoms with Crippen LogP contribution >= 0.6 is 0 Å². The molecule has 0 radical (unpaired) electrons. The van der Waals surface area contributed by atoms with Gasteiger partial charge in [0.15, 0.2) is 5.79 Å². The SMILES string of the molecule is COCCOC[C@@H]1COC(C)(C)O1. The quantitative estimate of drug-likeness (QED) is 0.601. The molecule has 1 atom stereocenters. The minimum Gasteiger partial charge on any atom is -0.382 e. The molecule has 0 aromatic rings. The Morgan fingerprint density at radius 3 is 2.69 bits per heavy atom. The van der Waals surface area contributed by atoms with Crippen molar-refractivity contribution in [1.82, 2.24) is 0 Å². The van der Waals surface area contributed by atoms with Gasteiger partial charge in [-0.15, -0.1) is 0 Å². The highest BCUT2D eigenvalue weighted by atomic mass is 16.7. The molecule has 1 aliphatic heterocycles. The zero-order valence-electron chi connectivity index (χ0n) is 8.54. The predicted molar refractivity (Wildman–Crippen MR) is 47.6 cm³/mol. The van der Waals surface area contributed by atoms with Crippen LogP contribution in [-0.4, -0.2) is 45.4 Å². The van der Waals surface area contributed by atoms with E-state index < -0.39 is 5.79 Å². The first kappa shape index (κ1) is 10.9. The summed E-state index contributed by atoms with van der Waals surface area (Å²) in [6.07, 6.45) is 0.0619. The van der Waals surface area contributed by atoms with Crippen molar-refractivity contribution in [2.24, 2.45) is 0 Å². The van der Waals surface area contributed by atoms with Crippen molar-refractivity contribution in [2.75, 3.05) is 33.5 Å². The molecule has 1 saturated heterocycles. The van der Waals surface area contributed by atoms with Gasteiger partial charge in [0, 0.05) is 7.11 Å². The first-order valence-electron chi connectivity index (χ1n) is 4.52. The Morgan fingerprint density at radius 1 is 1.38 bits per heavy atom. The normalized spacial score (nSPS) is 26.5. The summed E-state index contributed by atoms with van der Waals surface area (Å²) in [5, 5.41) is 0. The van der Waals surface area contributed by atoms with Crippen molar-refractivity contribution in [3.05, 3.63) is 0 Å². The van der Waals surface area contributed by atoms with E-state index in [1.807, 2.05) is 13.8 Å². The molecule has 4 nitrogen and oxygen atoms in total. The molecule has 1 aliphatic rings. The zero-order valence-corrected chi connectivity index (χ0v) is 8.54. The van der Waals surface area contributed by atoms with Crippen LogP contribution in [0.1, 0.15) is 13.8 Å². The maximum atomic E-state index is 5.54. The van der Waals surface area contributed by atoms with Gasteiger partial charge in [-0.25, -0.2) is 0 Å². The van der Waals surface area contributed by atoms with Gasteiger partial charge < -0.3 is 18.9 Å². The van der Waals surface area contributed by atoms with Gasteiger partial charge in [0.25, 0.3) is 0 Å². The predicted octanol–water partition coefficient (Wildman–Crippen LogP) is 0.801. The Balaban J connectivity index is 2.04. The molecule has 0 N–H and O–H groups in total. The molecular formula is C9H18O4. The van der Waals surface area contributed by atoms with E-state index in [4.69, 9.17) is 18.9 Å². The van der Waals surface area contributed by atoms with Gasteiger partial charge in [-0.2, -0.15) is 0 Å². The number of hydrogen-bond donors (Lipinski definition) is 0. The maximum Gasteiger partial charge on any atom is 0.163 e. The fourth-order valence-electron chi connectivity index (χ4n) is 1.20. The molecular weight excluding hydrogens is 172 g/mol. The second-order valence-corrected chi connectivity index (χ2v) is 3.52. The molecule has 1 heterocycles. The molecule has 1 rings (SSSR count). The van der Waals surface area contributed by atoms with E-state index in [0.29, 0.717) is 26.4 Å². The monoisotopic (exact) mass is 190 g/mol. The molecule has 4 heteroatoms. The molecule has 1 fully saturated rings. The van der Waals surface area contributed by atoms with Crippen LogP contribution in [0.15, 0.2) is 0 Å². The average Bonchev–Trinajstić information content (AvgIpc) is 2.40. The number of methoxy groups -OCH3 is 1. The highest BCUT2D eigenvalue weighted by molar-refractivity contribution is 4.69. The van der Waals surface area contributed by atoms with Crippen molar-refractivity contribution in [3.63, 3.8) is 0 Å². The lowest BCUT2D eigenvalue weighted by Gasteiger charge is -2.16. The van der Waals surface area contributed by atoms with E-state index >= 15 is 0 Å². The fourth-order valence-corrected chi connectivity index (χ4v) is 1.20. The van der Waals surface area contributed by atoms with Gasteiger partial charge >= 0.3 is 0 Å². The molecule has 0 bridgehead atoms. The minimum absolute atomic E-state index is 0.0619. The molecule has 0 amide bonds. The molecule has 0 aromatic carbocycles. The standard InChI is InChI=1S/C9H18O4/c1-9(2)12-7-8(13-9)6-11-5-4-10-3/h8H,4-7H2,1-3H3/t8-/m1/s1. The third kappa shape index (κ3) is 4.04. The van der Waals surface area contributed by atoms with Gasteiger partial charge in [-0.05, 0) is 13.8 Å². The Morgan fingerprint density at radius 2 is 2.15 bits per heavy atom. The van der Waals surface area contributed by atoms with E-state index in [1.54, 1.807) is 7.11 Å². The Bertz CT molecular complexity index is 147. The molecule has 78 valence electrons. The second kappa shape index (κ2) is 4.91. The van der Waals surface area contributed by atoms with Gasteiger partial charge in [0.2, 0.25) is 0 Å². The third-order valence-corrected chi connectivity index (χ3v) is 1.80. The molecule has 0 unspecified atom stereocenters. The topological polar surface area (TPSA) is 36.9 Å². The molecule has 0 saturated carbocycles. The summed E-state index contributed by atoms with van der Waals surface area (Å²) in [5.74, 6) is -0.449. The number of rotatable bonds is 5. The lowest BCUT2D eigenvalue weighted by atomic mass is 10.4. The minimum atomic E-state index is -0.449. The van der Waals surface area contributed by atoms with Crippen molar-refractivity contribution in [2.45, 2.75) is 25.7 Å². The van der Waals surface area contributed by atoms with Gasteiger partial charge in [0.05, 0.1) is 26.4 Å². The van der Waals surface area contributed by atoms with Crippen molar-refractivity contribution >= 4 is 0 Å². The summed E-state index contributed by atoms with van der Waals surface area (Å²) >= 11 is 0. The smallest absolute Gasteiger partial charge is 0.163 e. The van der Waals surface area contributed by atoms with E-state index in [9.17, 15) is 0 Å². The van der Waals surface area contributed by atoms with E-state index in [2.05, 4.69) is 0 Å². The van der Waals surface area contributed by atoms with E-state index in [0.717, 1.165) is 0 Å². The van der Waals surface area contributed by atoms with Gasteiger partial charge in [0.1, 0.15) is 6.10 Å². The Labute approximate surface area is 79.1 Å². The van der Waals surface area contributed by atoms with Crippen molar-refractivity contribution < 1.29 is 18.9 Å². The number of ether oxygens (including phenoxy) is 4. The third-order valence-electron chi connectivity index (χ3n) is 1.80. The van der Waals surface area contributed by atoms with Crippen LogP contribution in [0, 0.1) is 0 Å². The molecule has 0 spiro atoms. The first-order chi connectivity index (χ1) is 6.14. The lowest BCUT2D eigenvalue weighted by Crippen LogP contribution is -2.24. The summed E-state index contributed by atoms with van der Waals surface area (Å²) < 4.78 is 21.1. The Kier molecular flexibility index (Phi) is 4.12. The van der Waals surface area contributed by atoms with Gasteiger partial charge in [-0.3, -0.25) is 0 Å². The summed E-state index contributed by atoms with van der Waals surface area (Å²) in [6, 6.07) is 0. The largest absolute Gasteiger partial charge is 0.382 e. The highest BCUT2D eigenvalue weighted by Gasteiger charge is 2.32. The van der Waals surface area contributed by atoms with Gasteiger partial charge in [-0.1, -0.05) is 0 Å². The van der Waals surface area contributed by atoms with Crippen molar-refractivity contribution in [1.29, 1.82) is 0 Å². The molecule has 0 aromatic heterocycles. The van der Waals surface area contributed by atoms with Crippen LogP contribution < -0.4 is 0 Å².